The zero-order valence-corrected chi connectivity index (χ0v) is 16.1. The molecule has 2 aromatic heterocycles. The van der Waals surface area contributed by atoms with E-state index in [1.165, 1.54) is 11.8 Å². The molecule has 28 heavy (non-hydrogen) atoms. The predicted octanol–water partition coefficient (Wildman–Crippen LogP) is 2.25. The van der Waals surface area contributed by atoms with Crippen molar-refractivity contribution < 1.29 is 18.4 Å². The normalized spacial score (nSPS) is 18.2. The molecule has 0 saturated carbocycles. The standard InChI is InChI=1S/C21H25N3O4/c1-16-4-5-18(28-16)17-6-8-22(9-7-17)15-20(25)23-10-12-24(13-11-23)21(26)19-3-2-14-27-19/h2-6,14H,7-13,15H2,1H3. The molecule has 0 aliphatic carbocycles. The molecule has 7 heteroatoms. The van der Waals surface area contributed by atoms with E-state index in [1.54, 1.807) is 17.0 Å². The Bertz CT molecular complexity index is 860. The van der Waals surface area contributed by atoms with Crippen molar-refractivity contribution in [1.29, 1.82) is 0 Å². The molecule has 0 N–H and O–H groups in total. The fraction of sp³-hybridized carbons (Fsp3) is 0.429. The molecule has 0 bridgehead atoms. The van der Waals surface area contributed by atoms with Gasteiger partial charge in [0.2, 0.25) is 5.91 Å². The molecule has 2 aliphatic rings. The molecule has 0 radical (unpaired) electrons. The molecule has 1 saturated heterocycles. The Balaban J connectivity index is 1.25. The number of carbonyl (C=O) groups excluding carboxylic acids is 2. The van der Waals surface area contributed by atoms with Crippen LogP contribution in [0.25, 0.3) is 5.57 Å². The number of amides is 2. The number of carbonyl (C=O) groups is 2. The van der Waals surface area contributed by atoms with Gasteiger partial charge in [0.1, 0.15) is 11.5 Å². The highest BCUT2D eigenvalue weighted by molar-refractivity contribution is 5.91. The minimum atomic E-state index is -0.112. The van der Waals surface area contributed by atoms with Gasteiger partial charge in [-0.15, -0.1) is 0 Å². The highest BCUT2D eigenvalue weighted by Crippen LogP contribution is 2.24. The van der Waals surface area contributed by atoms with Crippen molar-refractivity contribution in [3.8, 4) is 0 Å². The number of furan rings is 2. The van der Waals surface area contributed by atoms with E-state index in [9.17, 15) is 9.59 Å². The molecule has 4 heterocycles. The fourth-order valence-electron chi connectivity index (χ4n) is 3.69. The quantitative estimate of drug-likeness (QED) is 0.810. The zero-order valence-electron chi connectivity index (χ0n) is 16.1. The van der Waals surface area contributed by atoms with E-state index in [-0.39, 0.29) is 11.8 Å². The summed E-state index contributed by atoms with van der Waals surface area (Å²) in [4.78, 5) is 30.7. The van der Waals surface area contributed by atoms with Gasteiger partial charge in [-0.25, -0.2) is 0 Å². The first-order valence-corrected chi connectivity index (χ1v) is 9.69. The summed E-state index contributed by atoms with van der Waals surface area (Å²) in [6, 6.07) is 7.36. The van der Waals surface area contributed by atoms with Crippen molar-refractivity contribution in [2.75, 3.05) is 45.8 Å². The molecular weight excluding hydrogens is 358 g/mol. The average Bonchev–Trinajstić information content (AvgIpc) is 3.40. The van der Waals surface area contributed by atoms with Crippen molar-refractivity contribution in [2.45, 2.75) is 13.3 Å². The molecule has 1 fully saturated rings. The molecule has 0 atom stereocenters. The van der Waals surface area contributed by atoms with Crippen LogP contribution in [0.15, 0.2) is 45.4 Å². The largest absolute Gasteiger partial charge is 0.462 e. The maximum atomic E-state index is 12.6. The summed E-state index contributed by atoms with van der Waals surface area (Å²) >= 11 is 0. The second-order valence-electron chi connectivity index (χ2n) is 7.28. The van der Waals surface area contributed by atoms with Gasteiger partial charge in [-0.05, 0) is 43.2 Å². The van der Waals surface area contributed by atoms with Gasteiger partial charge < -0.3 is 18.6 Å². The van der Waals surface area contributed by atoms with Gasteiger partial charge in [0.15, 0.2) is 5.76 Å². The molecule has 7 nitrogen and oxygen atoms in total. The van der Waals surface area contributed by atoms with Crippen LogP contribution in [0.4, 0.5) is 0 Å². The lowest BCUT2D eigenvalue weighted by molar-refractivity contribution is -0.133. The minimum absolute atomic E-state index is 0.112. The Labute approximate surface area is 164 Å². The van der Waals surface area contributed by atoms with Crippen LogP contribution in [0.3, 0.4) is 0 Å². The number of rotatable bonds is 4. The molecular formula is C21H25N3O4. The summed E-state index contributed by atoms with van der Waals surface area (Å²) in [6.45, 7) is 6.14. The van der Waals surface area contributed by atoms with Gasteiger partial charge >= 0.3 is 0 Å². The third-order valence-electron chi connectivity index (χ3n) is 5.36. The van der Waals surface area contributed by atoms with Crippen LogP contribution in [0.5, 0.6) is 0 Å². The lowest BCUT2D eigenvalue weighted by atomic mass is 10.1. The van der Waals surface area contributed by atoms with Crippen LogP contribution in [-0.2, 0) is 4.79 Å². The monoisotopic (exact) mass is 383 g/mol. The maximum Gasteiger partial charge on any atom is 0.289 e. The topological polar surface area (TPSA) is 70.1 Å². The smallest absolute Gasteiger partial charge is 0.289 e. The van der Waals surface area contributed by atoms with Gasteiger partial charge in [0.05, 0.1) is 12.8 Å². The summed E-state index contributed by atoms with van der Waals surface area (Å²) in [6.07, 6.45) is 4.53. The Morgan fingerprint density at radius 3 is 2.43 bits per heavy atom. The number of aryl methyl sites for hydroxylation is 1. The van der Waals surface area contributed by atoms with Gasteiger partial charge in [0, 0.05) is 39.3 Å². The van der Waals surface area contributed by atoms with Gasteiger partial charge in [0.25, 0.3) is 5.91 Å². The summed E-state index contributed by atoms with van der Waals surface area (Å²) in [5, 5.41) is 0. The molecule has 2 aromatic rings. The van der Waals surface area contributed by atoms with E-state index in [4.69, 9.17) is 8.83 Å². The molecule has 2 aliphatic heterocycles. The number of hydrogen-bond acceptors (Lipinski definition) is 5. The van der Waals surface area contributed by atoms with E-state index in [1.807, 2.05) is 24.0 Å². The Kier molecular flexibility index (Phi) is 5.34. The van der Waals surface area contributed by atoms with E-state index in [0.29, 0.717) is 38.5 Å². The Morgan fingerprint density at radius 2 is 1.82 bits per heavy atom. The molecule has 0 unspecified atom stereocenters. The Hall–Kier alpha value is -2.80. The lowest BCUT2D eigenvalue weighted by Gasteiger charge is -2.35. The third kappa shape index (κ3) is 4.04. The molecule has 0 spiro atoms. The summed E-state index contributed by atoms with van der Waals surface area (Å²) in [7, 11) is 0. The van der Waals surface area contributed by atoms with Gasteiger partial charge in [-0.3, -0.25) is 14.5 Å². The van der Waals surface area contributed by atoms with E-state index in [0.717, 1.165) is 31.0 Å². The van der Waals surface area contributed by atoms with Crippen LogP contribution in [0, 0.1) is 6.92 Å². The van der Waals surface area contributed by atoms with Crippen molar-refractivity contribution >= 4 is 17.4 Å². The molecule has 0 aromatic carbocycles. The van der Waals surface area contributed by atoms with Crippen molar-refractivity contribution in [2.24, 2.45) is 0 Å². The number of hydrogen-bond donors (Lipinski definition) is 0. The lowest BCUT2D eigenvalue weighted by Crippen LogP contribution is -2.52. The summed E-state index contributed by atoms with van der Waals surface area (Å²) in [5.74, 6) is 2.20. The van der Waals surface area contributed by atoms with E-state index < -0.39 is 0 Å². The highest BCUT2D eigenvalue weighted by Gasteiger charge is 2.27. The summed E-state index contributed by atoms with van der Waals surface area (Å²) in [5.41, 5.74) is 1.21. The Morgan fingerprint density at radius 1 is 1.04 bits per heavy atom. The average molecular weight is 383 g/mol. The van der Waals surface area contributed by atoms with Crippen LogP contribution in [0.2, 0.25) is 0 Å². The first kappa shape index (κ1) is 18.6. The van der Waals surface area contributed by atoms with Crippen molar-refractivity contribution in [3.05, 3.63) is 53.9 Å². The first-order chi connectivity index (χ1) is 13.6. The molecule has 2 amide bonds. The van der Waals surface area contributed by atoms with Crippen molar-refractivity contribution in [1.82, 2.24) is 14.7 Å². The summed E-state index contributed by atoms with van der Waals surface area (Å²) < 4.78 is 10.9. The van der Waals surface area contributed by atoms with Crippen LogP contribution < -0.4 is 0 Å². The van der Waals surface area contributed by atoms with Crippen LogP contribution >= 0.6 is 0 Å². The molecule has 4 rings (SSSR count). The zero-order chi connectivity index (χ0) is 19.5. The highest BCUT2D eigenvalue weighted by atomic mass is 16.3. The molecule has 148 valence electrons. The second-order valence-corrected chi connectivity index (χ2v) is 7.28. The fourth-order valence-corrected chi connectivity index (χ4v) is 3.69. The van der Waals surface area contributed by atoms with Gasteiger partial charge in [-0.1, -0.05) is 6.08 Å². The predicted molar refractivity (Wildman–Crippen MR) is 104 cm³/mol. The third-order valence-corrected chi connectivity index (χ3v) is 5.36. The second kappa shape index (κ2) is 8.06. The minimum Gasteiger partial charge on any atom is -0.462 e. The van der Waals surface area contributed by atoms with E-state index >= 15 is 0 Å². The van der Waals surface area contributed by atoms with Crippen LogP contribution in [-0.4, -0.2) is 72.3 Å². The number of piperazine rings is 1. The number of nitrogens with zero attached hydrogens (tertiary/aromatic N) is 3. The van der Waals surface area contributed by atoms with Crippen molar-refractivity contribution in [3.63, 3.8) is 0 Å². The van der Waals surface area contributed by atoms with Crippen LogP contribution in [0.1, 0.15) is 28.5 Å². The maximum absolute atomic E-state index is 12.6. The van der Waals surface area contributed by atoms with Gasteiger partial charge in [-0.2, -0.15) is 0 Å². The van der Waals surface area contributed by atoms with E-state index in [2.05, 4.69) is 11.0 Å². The first-order valence-electron chi connectivity index (χ1n) is 9.69. The SMILES string of the molecule is Cc1ccc(C2=CCN(CC(=O)N3CCN(C(=O)c4ccco4)CC3)CC2)o1.